The molecule has 0 radical (unpaired) electrons. The molecule has 5 heteroatoms. The first-order valence-corrected chi connectivity index (χ1v) is 6.42. The summed E-state index contributed by atoms with van der Waals surface area (Å²) in [6.45, 7) is 3.39. The van der Waals surface area contributed by atoms with E-state index < -0.39 is 0 Å². The summed E-state index contributed by atoms with van der Waals surface area (Å²) in [5, 5.41) is 9.64. The van der Waals surface area contributed by atoms with Crippen LogP contribution in [-0.4, -0.2) is 58.0 Å². The Labute approximate surface area is 106 Å². The number of nitrogens with zero attached hydrogens (tertiary/aromatic N) is 3. The largest absolute Gasteiger partial charge is 0.505 e. The molecule has 1 aliphatic carbocycles. The Bertz CT molecular complexity index is 451. The molecule has 1 aromatic heterocycles. The number of carbonyl (C=O) groups excluding carboxylic acids is 1. The van der Waals surface area contributed by atoms with Crippen molar-refractivity contribution in [2.24, 2.45) is 0 Å². The third-order valence-electron chi connectivity index (χ3n) is 3.70. The number of aromatic nitrogens is 1. The number of pyridine rings is 1. The molecular weight excluding hydrogens is 230 g/mol. The first kappa shape index (κ1) is 11.5. The summed E-state index contributed by atoms with van der Waals surface area (Å²) in [7, 11) is 0. The SMILES string of the molecule is O=C(c1ccncc1O)N1CCN(C2CC2)CC1. The lowest BCUT2D eigenvalue weighted by Gasteiger charge is -2.34. The van der Waals surface area contributed by atoms with Crippen molar-refractivity contribution >= 4 is 5.91 Å². The molecule has 18 heavy (non-hydrogen) atoms. The van der Waals surface area contributed by atoms with Crippen LogP contribution >= 0.6 is 0 Å². The van der Waals surface area contributed by atoms with Crippen molar-refractivity contribution < 1.29 is 9.90 Å². The Balaban J connectivity index is 1.65. The van der Waals surface area contributed by atoms with Crippen LogP contribution in [0.5, 0.6) is 5.75 Å². The Morgan fingerprint density at radius 3 is 2.61 bits per heavy atom. The van der Waals surface area contributed by atoms with E-state index in [0.29, 0.717) is 5.56 Å². The Morgan fingerprint density at radius 1 is 1.28 bits per heavy atom. The maximum atomic E-state index is 12.2. The van der Waals surface area contributed by atoms with Gasteiger partial charge in [-0.3, -0.25) is 14.7 Å². The van der Waals surface area contributed by atoms with Crippen molar-refractivity contribution in [1.29, 1.82) is 0 Å². The van der Waals surface area contributed by atoms with Gasteiger partial charge in [-0.05, 0) is 18.9 Å². The summed E-state index contributed by atoms with van der Waals surface area (Å²) < 4.78 is 0. The third-order valence-corrected chi connectivity index (χ3v) is 3.70. The lowest BCUT2D eigenvalue weighted by atomic mass is 10.2. The van der Waals surface area contributed by atoms with Gasteiger partial charge in [0.15, 0.2) is 0 Å². The van der Waals surface area contributed by atoms with Crippen LogP contribution in [0.4, 0.5) is 0 Å². The van der Waals surface area contributed by atoms with Gasteiger partial charge in [0.05, 0.1) is 11.8 Å². The molecular formula is C13H17N3O2. The van der Waals surface area contributed by atoms with E-state index in [2.05, 4.69) is 9.88 Å². The lowest BCUT2D eigenvalue weighted by molar-refractivity contribution is 0.0624. The van der Waals surface area contributed by atoms with Crippen LogP contribution in [0, 0.1) is 0 Å². The van der Waals surface area contributed by atoms with Crippen molar-refractivity contribution in [1.82, 2.24) is 14.8 Å². The Morgan fingerprint density at radius 2 is 2.00 bits per heavy atom. The van der Waals surface area contributed by atoms with Gasteiger partial charge in [-0.1, -0.05) is 0 Å². The number of piperazine rings is 1. The topological polar surface area (TPSA) is 56.7 Å². The second-order valence-electron chi connectivity index (χ2n) is 4.95. The lowest BCUT2D eigenvalue weighted by Crippen LogP contribution is -2.49. The first-order valence-electron chi connectivity index (χ1n) is 6.42. The molecule has 1 amide bonds. The number of hydrogen-bond donors (Lipinski definition) is 1. The van der Waals surface area contributed by atoms with Crippen LogP contribution in [0.15, 0.2) is 18.5 Å². The van der Waals surface area contributed by atoms with Crippen molar-refractivity contribution in [3.05, 3.63) is 24.0 Å². The minimum Gasteiger partial charge on any atom is -0.505 e. The number of hydrogen-bond acceptors (Lipinski definition) is 4. The fourth-order valence-electron chi connectivity index (χ4n) is 2.47. The summed E-state index contributed by atoms with van der Waals surface area (Å²) in [5.41, 5.74) is 0.352. The molecule has 1 saturated heterocycles. The molecule has 1 aliphatic heterocycles. The van der Waals surface area contributed by atoms with E-state index in [1.54, 1.807) is 6.07 Å². The van der Waals surface area contributed by atoms with Crippen LogP contribution in [0.2, 0.25) is 0 Å². The molecule has 0 bridgehead atoms. The zero-order chi connectivity index (χ0) is 12.5. The smallest absolute Gasteiger partial charge is 0.257 e. The standard InChI is InChI=1S/C13H17N3O2/c17-12-9-14-4-3-11(12)13(18)16-7-5-15(6-8-16)10-1-2-10/h3-4,9-10,17H,1-2,5-8H2. The van der Waals surface area contributed by atoms with E-state index >= 15 is 0 Å². The van der Waals surface area contributed by atoms with Gasteiger partial charge in [0, 0.05) is 38.4 Å². The highest BCUT2D eigenvalue weighted by Crippen LogP contribution is 2.28. The molecule has 2 aliphatic rings. The van der Waals surface area contributed by atoms with E-state index in [-0.39, 0.29) is 11.7 Å². The van der Waals surface area contributed by atoms with Crippen molar-refractivity contribution in [2.75, 3.05) is 26.2 Å². The molecule has 2 heterocycles. The van der Waals surface area contributed by atoms with Gasteiger partial charge in [-0.15, -0.1) is 0 Å². The van der Waals surface area contributed by atoms with E-state index in [1.807, 2.05) is 4.90 Å². The summed E-state index contributed by atoms with van der Waals surface area (Å²) in [4.78, 5) is 20.3. The van der Waals surface area contributed by atoms with Crippen LogP contribution in [0.1, 0.15) is 23.2 Å². The summed E-state index contributed by atoms with van der Waals surface area (Å²) in [6.07, 6.45) is 5.46. The maximum absolute atomic E-state index is 12.2. The number of rotatable bonds is 2. The number of aromatic hydroxyl groups is 1. The van der Waals surface area contributed by atoms with E-state index in [9.17, 15) is 9.90 Å². The summed E-state index contributed by atoms with van der Waals surface area (Å²) in [6, 6.07) is 2.34. The molecule has 5 nitrogen and oxygen atoms in total. The average Bonchev–Trinajstić information content (AvgIpc) is 3.23. The molecule has 1 N–H and O–H groups in total. The molecule has 0 spiro atoms. The minimum absolute atomic E-state index is 0.0351. The van der Waals surface area contributed by atoms with Gasteiger partial charge in [-0.25, -0.2) is 0 Å². The second-order valence-corrected chi connectivity index (χ2v) is 4.95. The number of carbonyl (C=O) groups is 1. The molecule has 96 valence electrons. The molecule has 1 saturated carbocycles. The van der Waals surface area contributed by atoms with Gasteiger partial charge in [0.2, 0.25) is 0 Å². The van der Waals surface area contributed by atoms with Crippen LogP contribution < -0.4 is 0 Å². The highest BCUT2D eigenvalue weighted by molar-refractivity contribution is 5.96. The Kier molecular flexibility index (Phi) is 2.91. The van der Waals surface area contributed by atoms with E-state index in [1.165, 1.54) is 25.2 Å². The first-order chi connectivity index (χ1) is 8.75. The minimum atomic E-state index is -0.0923. The van der Waals surface area contributed by atoms with Crippen molar-refractivity contribution in [3.63, 3.8) is 0 Å². The number of amides is 1. The van der Waals surface area contributed by atoms with Gasteiger partial charge >= 0.3 is 0 Å². The highest BCUT2D eigenvalue weighted by Gasteiger charge is 2.32. The molecule has 2 fully saturated rings. The normalized spacial score (nSPS) is 21.0. The van der Waals surface area contributed by atoms with Crippen molar-refractivity contribution in [3.8, 4) is 5.75 Å². The third kappa shape index (κ3) is 2.18. The van der Waals surface area contributed by atoms with Crippen LogP contribution in [-0.2, 0) is 0 Å². The zero-order valence-electron chi connectivity index (χ0n) is 10.2. The van der Waals surface area contributed by atoms with Crippen molar-refractivity contribution in [2.45, 2.75) is 18.9 Å². The molecule has 3 rings (SSSR count). The fourth-order valence-corrected chi connectivity index (χ4v) is 2.47. The molecule has 1 aromatic rings. The highest BCUT2D eigenvalue weighted by atomic mass is 16.3. The fraction of sp³-hybridized carbons (Fsp3) is 0.538. The predicted molar refractivity (Wildman–Crippen MR) is 66.4 cm³/mol. The second kappa shape index (κ2) is 4.57. The van der Waals surface area contributed by atoms with E-state index in [0.717, 1.165) is 32.2 Å². The summed E-state index contributed by atoms with van der Waals surface area (Å²) >= 11 is 0. The molecule has 0 aromatic carbocycles. The Hall–Kier alpha value is -1.62. The zero-order valence-corrected chi connectivity index (χ0v) is 10.2. The molecule has 0 unspecified atom stereocenters. The maximum Gasteiger partial charge on any atom is 0.257 e. The van der Waals surface area contributed by atoms with E-state index in [4.69, 9.17) is 0 Å². The van der Waals surface area contributed by atoms with Gasteiger partial charge < -0.3 is 10.0 Å². The average molecular weight is 247 g/mol. The van der Waals surface area contributed by atoms with Crippen LogP contribution in [0.25, 0.3) is 0 Å². The quantitative estimate of drug-likeness (QED) is 0.836. The van der Waals surface area contributed by atoms with Gasteiger partial charge in [-0.2, -0.15) is 0 Å². The predicted octanol–water partition coefficient (Wildman–Crippen LogP) is 0.707. The van der Waals surface area contributed by atoms with Gasteiger partial charge in [0.25, 0.3) is 5.91 Å². The summed E-state index contributed by atoms with van der Waals surface area (Å²) in [5.74, 6) is -0.127. The van der Waals surface area contributed by atoms with Crippen LogP contribution in [0.3, 0.4) is 0 Å². The molecule has 0 atom stereocenters. The monoisotopic (exact) mass is 247 g/mol. The van der Waals surface area contributed by atoms with Gasteiger partial charge in [0.1, 0.15) is 5.75 Å².